The van der Waals surface area contributed by atoms with Gasteiger partial charge >= 0.3 is 0 Å². The molecule has 0 bridgehead atoms. The number of halogens is 1. The van der Waals surface area contributed by atoms with E-state index in [1.807, 2.05) is 57.2 Å². The maximum absolute atomic E-state index is 13.0. The van der Waals surface area contributed by atoms with Crippen LogP contribution >= 0.6 is 15.9 Å². The number of rotatable bonds is 9. The van der Waals surface area contributed by atoms with E-state index in [9.17, 15) is 9.59 Å². The quantitative estimate of drug-likeness (QED) is 0.600. The van der Waals surface area contributed by atoms with E-state index < -0.39 is 6.04 Å². The lowest BCUT2D eigenvalue weighted by Gasteiger charge is -2.29. The van der Waals surface area contributed by atoms with E-state index >= 15 is 0 Å². The summed E-state index contributed by atoms with van der Waals surface area (Å²) in [6.07, 6.45) is 0.830. The van der Waals surface area contributed by atoms with Crippen LogP contribution in [0.15, 0.2) is 53.0 Å². The number of benzene rings is 2. The molecule has 0 aliphatic rings. The summed E-state index contributed by atoms with van der Waals surface area (Å²) in [5.41, 5.74) is 2.09. The van der Waals surface area contributed by atoms with Gasteiger partial charge in [-0.1, -0.05) is 52.7 Å². The Bertz CT molecular complexity index is 823. The normalized spacial score (nSPS) is 12.7. The van der Waals surface area contributed by atoms with Crippen molar-refractivity contribution >= 4 is 27.7 Å². The highest BCUT2D eigenvalue weighted by Gasteiger charge is 2.27. The van der Waals surface area contributed by atoms with Crippen LogP contribution in [0, 0.1) is 6.92 Å². The third-order valence-corrected chi connectivity index (χ3v) is 5.31. The molecular weight excluding hydrogens is 432 g/mol. The predicted octanol–water partition coefficient (Wildman–Crippen LogP) is 4.47. The number of hydrogen-bond acceptors (Lipinski definition) is 3. The lowest BCUT2D eigenvalue weighted by Crippen LogP contribution is -2.50. The molecule has 0 aromatic heterocycles. The summed E-state index contributed by atoms with van der Waals surface area (Å²) in [7, 11) is 0. The maximum Gasteiger partial charge on any atom is 0.261 e. The summed E-state index contributed by atoms with van der Waals surface area (Å²) >= 11 is 3.38. The molecule has 0 spiro atoms. The molecule has 2 amide bonds. The van der Waals surface area contributed by atoms with Crippen LogP contribution in [0.3, 0.4) is 0 Å². The van der Waals surface area contributed by atoms with Gasteiger partial charge in [0.15, 0.2) is 6.61 Å². The third-order valence-electron chi connectivity index (χ3n) is 4.78. The lowest BCUT2D eigenvalue weighted by atomic mass is 10.1. The average molecular weight is 461 g/mol. The molecule has 29 heavy (non-hydrogen) atoms. The highest BCUT2D eigenvalue weighted by atomic mass is 79.9. The van der Waals surface area contributed by atoms with Crippen LogP contribution in [-0.2, 0) is 16.1 Å². The van der Waals surface area contributed by atoms with Crippen LogP contribution in [0.25, 0.3) is 0 Å². The van der Waals surface area contributed by atoms with E-state index in [1.165, 1.54) is 0 Å². The number of amides is 2. The fraction of sp³-hybridized carbons (Fsp3) is 0.391. The second kappa shape index (κ2) is 11.0. The second-order valence-corrected chi connectivity index (χ2v) is 8.16. The Balaban J connectivity index is 2.14. The number of carbonyl (C=O) groups excluding carboxylic acids is 2. The third kappa shape index (κ3) is 7.20. The monoisotopic (exact) mass is 460 g/mol. The van der Waals surface area contributed by atoms with Crippen LogP contribution in [0.1, 0.15) is 38.3 Å². The molecule has 0 aliphatic carbocycles. The molecule has 5 nitrogen and oxygen atoms in total. The Morgan fingerprint density at radius 2 is 1.83 bits per heavy atom. The largest absolute Gasteiger partial charge is 0.484 e. The second-order valence-electron chi connectivity index (χ2n) is 7.25. The molecule has 0 aliphatic heterocycles. The van der Waals surface area contributed by atoms with E-state index in [0.29, 0.717) is 12.3 Å². The summed E-state index contributed by atoms with van der Waals surface area (Å²) in [6, 6.07) is 14.7. The average Bonchev–Trinajstić information content (AvgIpc) is 2.70. The molecule has 2 unspecified atom stereocenters. The summed E-state index contributed by atoms with van der Waals surface area (Å²) in [5.74, 6) is 0.207. The van der Waals surface area contributed by atoms with Crippen LogP contribution in [0.4, 0.5) is 0 Å². The smallest absolute Gasteiger partial charge is 0.261 e. The van der Waals surface area contributed by atoms with Gasteiger partial charge in [0, 0.05) is 17.1 Å². The van der Waals surface area contributed by atoms with E-state index in [1.54, 1.807) is 24.0 Å². The first-order valence-corrected chi connectivity index (χ1v) is 10.6. The first-order chi connectivity index (χ1) is 13.8. The Morgan fingerprint density at radius 3 is 2.45 bits per heavy atom. The predicted molar refractivity (Wildman–Crippen MR) is 119 cm³/mol. The Hall–Kier alpha value is -2.34. The molecule has 6 heteroatoms. The van der Waals surface area contributed by atoms with Crippen molar-refractivity contribution < 1.29 is 14.3 Å². The number of nitrogens with zero attached hydrogens (tertiary/aromatic N) is 1. The first kappa shape index (κ1) is 22.9. The van der Waals surface area contributed by atoms with Gasteiger partial charge in [-0.25, -0.2) is 0 Å². The topological polar surface area (TPSA) is 58.6 Å². The number of ether oxygens (including phenoxy) is 1. The summed E-state index contributed by atoms with van der Waals surface area (Å²) < 4.78 is 6.59. The van der Waals surface area contributed by atoms with Gasteiger partial charge in [-0.3, -0.25) is 9.59 Å². The van der Waals surface area contributed by atoms with Crippen molar-refractivity contribution in [3.63, 3.8) is 0 Å². The SMILES string of the molecule is CCC(C)NC(=O)C(C)N(Cc1cccc(C)c1)C(=O)COc1ccc(Br)cc1. The van der Waals surface area contributed by atoms with Crippen LogP contribution in [-0.4, -0.2) is 35.4 Å². The molecule has 1 N–H and O–H groups in total. The van der Waals surface area contributed by atoms with Crippen molar-refractivity contribution in [2.75, 3.05) is 6.61 Å². The van der Waals surface area contributed by atoms with E-state index in [0.717, 1.165) is 22.0 Å². The molecular formula is C23H29BrN2O3. The van der Waals surface area contributed by atoms with Crippen molar-refractivity contribution in [2.45, 2.75) is 52.7 Å². The van der Waals surface area contributed by atoms with Gasteiger partial charge in [0.2, 0.25) is 5.91 Å². The number of carbonyl (C=O) groups is 2. The van der Waals surface area contributed by atoms with Crippen molar-refractivity contribution in [1.29, 1.82) is 0 Å². The Kier molecular flexibility index (Phi) is 8.70. The number of nitrogens with one attached hydrogen (secondary N) is 1. The zero-order chi connectivity index (χ0) is 21.4. The molecule has 0 heterocycles. The van der Waals surface area contributed by atoms with Gasteiger partial charge in [-0.05, 0) is 57.0 Å². The molecule has 2 rings (SSSR count). The first-order valence-electron chi connectivity index (χ1n) is 9.84. The minimum atomic E-state index is -0.606. The Morgan fingerprint density at radius 1 is 1.14 bits per heavy atom. The van der Waals surface area contributed by atoms with Gasteiger partial charge in [-0.15, -0.1) is 0 Å². The fourth-order valence-electron chi connectivity index (χ4n) is 2.81. The van der Waals surface area contributed by atoms with Crippen LogP contribution in [0.5, 0.6) is 5.75 Å². The van der Waals surface area contributed by atoms with E-state index in [2.05, 4.69) is 21.2 Å². The minimum Gasteiger partial charge on any atom is -0.484 e. The lowest BCUT2D eigenvalue weighted by molar-refractivity contribution is -0.142. The zero-order valence-electron chi connectivity index (χ0n) is 17.4. The molecule has 0 saturated heterocycles. The van der Waals surface area contributed by atoms with Crippen molar-refractivity contribution in [3.8, 4) is 5.75 Å². The van der Waals surface area contributed by atoms with Gasteiger partial charge in [0.05, 0.1) is 0 Å². The van der Waals surface area contributed by atoms with Gasteiger partial charge < -0.3 is 15.0 Å². The molecule has 156 valence electrons. The van der Waals surface area contributed by atoms with Crippen LogP contribution in [0.2, 0.25) is 0 Å². The zero-order valence-corrected chi connectivity index (χ0v) is 19.0. The van der Waals surface area contributed by atoms with Gasteiger partial charge in [0.1, 0.15) is 11.8 Å². The standard InChI is InChI=1S/C23H29BrN2O3/c1-5-17(3)25-23(28)18(4)26(14-19-8-6-7-16(2)13-19)22(27)15-29-21-11-9-20(24)10-12-21/h6-13,17-18H,5,14-15H2,1-4H3,(H,25,28). The number of aryl methyl sites for hydroxylation is 1. The molecule has 0 fully saturated rings. The van der Waals surface area contributed by atoms with Gasteiger partial charge in [-0.2, -0.15) is 0 Å². The molecule has 0 radical (unpaired) electrons. The summed E-state index contributed by atoms with van der Waals surface area (Å²) in [4.78, 5) is 27.2. The van der Waals surface area contributed by atoms with Crippen molar-refractivity contribution in [2.24, 2.45) is 0 Å². The fourth-order valence-corrected chi connectivity index (χ4v) is 3.08. The minimum absolute atomic E-state index is 0.0555. The van der Waals surface area contributed by atoms with Crippen molar-refractivity contribution in [3.05, 3.63) is 64.1 Å². The molecule has 2 aromatic rings. The summed E-state index contributed by atoms with van der Waals surface area (Å²) in [5, 5.41) is 2.96. The Labute approximate surface area is 181 Å². The molecule has 2 atom stereocenters. The summed E-state index contributed by atoms with van der Waals surface area (Å²) in [6.45, 7) is 7.94. The highest BCUT2D eigenvalue weighted by Crippen LogP contribution is 2.17. The van der Waals surface area contributed by atoms with E-state index in [4.69, 9.17) is 4.74 Å². The molecule has 0 saturated carbocycles. The van der Waals surface area contributed by atoms with E-state index in [-0.39, 0.29) is 24.5 Å². The van der Waals surface area contributed by atoms with Crippen molar-refractivity contribution in [1.82, 2.24) is 10.2 Å². The maximum atomic E-state index is 13.0. The van der Waals surface area contributed by atoms with Crippen LogP contribution < -0.4 is 10.1 Å². The number of hydrogen-bond donors (Lipinski definition) is 1. The molecule has 2 aromatic carbocycles. The highest BCUT2D eigenvalue weighted by molar-refractivity contribution is 9.10. The van der Waals surface area contributed by atoms with Gasteiger partial charge in [0.25, 0.3) is 5.91 Å².